The van der Waals surface area contributed by atoms with Gasteiger partial charge in [-0.3, -0.25) is 4.79 Å². The number of phenols is 2. The summed E-state index contributed by atoms with van der Waals surface area (Å²) in [5.41, 5.74) is -0.0756. The van der Waals surface area contributed by atoms with E-state index in [4.69, 9.17) is 18.6 Å². The Labute approximate surface area is 181 Å². The standard InChI is InChI=1S/C22H22O10/c1-9-19(26)20(27)21(28)22(30-9)31-11-6-13(24)18-14(25)8-15(32-17(18)7-11)10-3-4-12(23)16(5-10)29-2/h3-9,19-24,26-28H,1-2H3/t9-,19+,20+,21-,22+/m1/s1. The van der Waals surface area contributed by atoms with Crippen molar-refractivity contribution in [1.29, 1.82) is 0 Å². The lowest BCUT2D eigenvalue weighted by Crippen LogP contribution is -2.58. The maximum absolute atomic E-state index is 12.6. The van der Waals surface area contributed by atoms with E-state index in [-0.39, 0.29) is 34.0 Å². The lowest BCUT2D eigenvalue weighted by Gasteiger charge is -2.38. The van der Waals surface area contributed by atoms with Crippen molar-refractivity contribution in [2.45, 2.75) is 37.6 Å². The molecule has 0 bridgehead atoms. The van der Waals surface area contributed by atoms with E-state index in [0.717, 1.165) is 6.07 Å². The third-order valence-electron chi connectivity index (χ3n) is 5.31. The molecule has 0 amide bonds. The summed E-state index contributed by atoms with van der Waals surface area (Å²) in [4.78, 5) is 12.6. The van der Waals surface area contributed by atoms with Crippen LogP contribution in [0.3, 0.4) is 0 Å². The maximum Gasteiger partial charge on any atom is 0.229 e. The molecule has 1 aliphatic rings. The van der Waals surface area contributed by atoms with Crippen molar-refractivity contribution in [3.8, 4) is 34.3 Å². The number of phenolic OH excluding ortho intramolecular Hbond substituents is 2. The topological polar surface area (TPSA) is 159 Å². The van der Waals surface area contributed by atoms with E-state index in [1.807, 2.05) is 0 Å². The first-order valence-electron chi connectivity index (χ1n) is 9.74. The van der Waals surface area contributed by atoms with E-state index in [9.17, 15) is 30.3 Å². The largest absolute Gasteiger partial charge is 0.507 e. The van der Waals surface area contributed by atoms with Gasteiger partial charge >= 0.3 is 0 Å². The Morgan fingerprint density at radius 1 is 0.938 bits per heavy atom. The second kappa shape index (κ2) is 8.32. The molecule has 10 nitrogen and oxygen atoms in total. The van der Waals surface area contributed by atoms with Gasteiger partial charge in [0.1, 0.15) is 46.5 Å². The summed E-state index contributed by atoms with van der Waals surface area (Å²) in [7, 11) is 1.38. The van der Waals surface area contributed by atoms with Gasteiger partial charge in [0.15, 0.2) is 16.9 Å². The number of aliphatic hydroxyl groups excluding tert-OH is 3. The van der Waals surface area contributed by atoms with E-state index in [0.29, 0.717) is 5.56 Å². The minimum Gasteiger partial charge on any atom is -0.507 e. The van der Waals surface area contributed by atoms with Crippen molar-refractivity contribution in [1.82, 2.24) is 0 Å². The molecule has 4 rings (SSSR count). The zero-order valence-corrected chi connectivity index (χ0v) is 17.1. The van der Waals surface area contributed by atoms with E-state index in [2.05, 4.69) is 0 Å². The van der Waals surface area contributed by atoms with Crippen LogP contribution in [0.2, 0.25) is 0 Å². The Kier molecular flexibility index (Phi) is 5.70. The normalized spacial score (nSPS) is 25.6. The molecule has 10 heteroatoms. The third kappa shape index (κ3) is 3.84. The molecule has 1 aliphatic heterocycles. The molecule has 170 valence electrons. The molecule has 5 N–H and O–H groups in total. The number of fused-ring (bicyclic) bond motifs is 1. The Morgan fingerprint density at radius 3 is 2.41 bits per heavy atom. The van der Waals surface area contributed by atoms with Gasteiger partial charge in [-0.15, -0.1) is 0 Å². The van der Waals surface area contributed by atoms with Crippen molar-refractivity contribution in [3.63, 3.8) is 0 Å². The van der Waals surface area contributed by atoms with Crippen molar-refractivity contribution in [3.05, 3.63) is 46.6 Å². The predicted molar refractivity (Wildman–Crippen MR) is 111 cm³/mol. The highest BCUT2D eigenvalue weighted by Gasteiger charge is 2.43. The zero-order valence-electron chi connectivity index (χ0n) is 17.1. The van der Waals surface area contributed by atoms with Crippen LogP contribution in [0.1, 0.15) is 6.92 Å². The average Bonchev–Trinajstić information content (AvgIpc) is 2.75. The second-order valence-electron chi connectivity index (χ2n) is 7.48. The molecule has 2 heterocycles. The summed E-state index contributed by atoms with van der Waals surface area (Å²) in [6.07, 6.45) is -6.50. The minimum absolute atomic E-state index is 0.00146. The fraction of sp³-hybridized carbons (Fsp3) is 0.318. The number of methoxy groups -OCH3 is 1. The second-order valence-corrected chi connectivity index (χ2v) is 7.48. The van der Waals surface area contributed by atoms with Gasteiger partial charge in [0.2, 0.25) is 6.29 Å². The summed E-state index contributed by atoms with van der Waals surface area (Å²) >= 11 is 0. The van der Waals surface area contributed by atoms with Crippen LogP contribution in [0.5, 0.6) is 23.0 Å². The van der Waals surface area contributed by atoms with Crippen LogP contribution >= 0.6 is 0 Å². The molecule has 5 atom stereocenters. The van der Waals surface area contributed by atoms with Crippen molar-refractivity contribution in [2.75, 3.05) is 7.11 Å². The molecule has 0 aliphatic carbocycles. The van der Waals surface area contributed by atoms with Crippen molar-refractivity contribution < 1.29 is 44.2 Å². The Morgan fingerprint density at radius 2 is 1.69 bits per heavy atom. The number of ether oxygens (including phenoxy) is 3. The van der Waals surface area contributed by atoms with Crippen LogP contribution in [0, 0.1) is 0 Å². The molecule has 0 unspecified atom stereocenters. The first-order valence-corrected chi connectivity index (χ1v) is 9.74. The van der Waals surface area contributed by atoms with Gasteiger partial charge in [-0.1, -0.05) is 0 Å². The van der Waals surface area contributed by atoms with Crippen LogP contribution in [0.25, 0.3) is 22.3 Å². The van der Waals surface area contributed by atoms with E-state index in [1.54, 1.807) is 0 Å². The highest BCUT2D eigenvalue weighted by Crippen LogP contribution is 2.35. The van der Waals surface area contributed by atoms with Crippen LogP contribution in [0.15, 0.2) is 45.6 Å². The monoisotopic (exact) mass is 446 g/mol. The maximum atomic E-state index is 12.6. The van der Waals surface area contributed by atoms with Gasteiger partial charge in [-0.05, 0) is 25.1 Å². The number of aliphatic hydroxyl groups is 3. The van der Waals surface area contributed by atoms with Crippen LogP contribution in [0.4, 0.5) is 0 Å². The summed E-state index contributed by atoms with van der Waals surface area (Å²) < 4.78 is 21.8. The van der Waals surface area contributed by atoms with Gasteiger partial charge in [0.25, 0.3) is 0 Å². The molecule has 0 spiro atoms. The van der Waals surface area contributed by atoms with Gasteiger partial charge in [0.05, 0.1) is 13.2 Å². The third-order valence-corrected chi connectivity index (χ3v) is 5.31. The van der Waals surface area contributed by atoms with Crippen LogP contribution in [-0.2, 0) is 4.74 Å². The highest BCUT2D eigenvalue weighted by atomic mass is 16.7. The molecule has 2 aromatic carbocycles. The van der Waals surface area contributed by atoms with E-state index in [1.165, 1.54) is 44.4 Å². The summed E-state index contributed by atoms with van der Waals surface area (Å²) in [6, 6.07) is 8.08. The molecular weight excluding hydrogens is 424 g/mol. The number of hydrogen-bond donors (Lipinski definition) is 5. The minimum atomic E-state index is -1.55. The number of hydrogen-bond acceptors (Lipinski definition) is 10. The van der Waals surface area contributed by atoms with E-state index >= 15 is 0 Å². The summed E-state index contributed by atoms with van der Waals surface area (Å²) in [6.45, 7) is 1.51. The molecular formula is C22H22O10. The Balaban J connectivity index is 1.73. The molecule has 1 fully saturated rings. The number of rotatable bonds is 4. The van der Waals surface area contributed by atoms with Gasteiger partial charge in [-0.25, -0.2) is 0 Å². The lowest BCUT2D eigenvalue weighted by atomic mass is 10.00. The van der Waals surface area contributed by atoms with Gasteiger partial charge in [-0.2, -0.15) is 0 Å². The lowest BCUT2D eigenvalue weighted by molar-refractivity contribution is -0.268. The van der Waals surface area contributed by atoms with Crippen LogP contribution in [-0.4, -0.2) is 63.3 Å². The molecule has 0 radical (unpaired) electrons. The molecule has 1 aromatic heterocycles. The Hall–Kier alpha value is -3.31. The van der Waals surface area contributed by atoms with Crippen molar-refractivity contribution in [2.24, 2.45) is 0 Å². The molecule has 1 saturated heterocycles. The van der Waals surface area contributed by atoms with Crippen molar-refractivity contribution >= 4 is 11.0 Å². The van der Waals surface area contributed by atoms with E-state index < -0.39 is 41.9 Å². The summed E-state index contributed by atoms with van der Waals surface area (Å²) in [5.74, 6) is -0.166. The quantitative estimate of drug-likeness (QED) is 0.393. The average molecular weight is 446 g/mol. The number of benzene rings is 2. The highest BCUT2D eigenvalue weighted by molar-refractivity contribution is 5.86. The fourth-order valence-corrected chi connectivity index (χ4v) is 3.53. The first-order chi connectivity index (χ1) is 15.2. The fourth-order valence-electron chi connectivity index (χ4n) is 3.53. The van der Waals surface area contributed by atoms with Gasteiger partial charge in [0, 0.05) is 23.8 Å². The number of aromatic hydroxyl groups is 2. The molecule has 32 heavy (non-hydrogen) atoms. The predicted octanol–water partition coefficient (Wildman–Crippen LogP) is 1.09. The smallest absolute Gasteiger partial charge is 0.229 e. The zero-order chi connectivity index (χ0) is 23.2. The molecule has 0 saturated carbocycles. The Bertz CT molecular complexity index is 1200. The summed E-state index contributed by atoms with van der Waals surface area (Å²) in [5, 5.41) is 50.0. The van der Waals surface area contributed by atoms with Crippen LogP contribution < -0.4 is 14.9 Å². The van der Waals surface area contributed by atoms with Gasteiger partial charge < -0.3 is 44.2 Å². The first kappa shape index (κ1) is 21.9. The SMILES string of the molecule is COc1cc(-c2cc(=O)c3c(O)cc(O[C@@H]4O[C@H](C)[C@H](O)[C@H](O)[C@H]4O)cc3o2)ccc1O. The molecule has 3 aromatic rings.